The van der Waals surface area contributed by atoms with Crippen molar-refractivity contribution in [2.24, 2.45) is 0 Å². The summed E-state index contributed by atoms with van der Waals surface area (Å²) in [6.45, 7) is 2.30. The minimum absolute atomic E-state index is 0.428. The number of ether oxygens (including phenoxy) is 2. The zero-order valence-electron chi connectivity index (χ0n) is 11.1. The summed E-state index contributed by atoms with van der Waals surface area (Å²) in [4.78, 5) is 4.46. The Morgan fingerprint density at radius 2 is 2.17 bits per heavy atom. The highest BCUT2D eigenvalue weighted by Crippen LogP contribution is 2.33. The Morgan fingerprint density at radius 1 is 1.39 bits per heavy atom. The van der Waals surface area contributed by atoms with Gasteiger partial charge in [0.25, 0.3) is 0 Å². The summed E-state index contributed by atoms with van der Waals surface area (Å²) in [6.07, 6.45) is 3.34. The molecule has 102 valence electrons. The van der Waals surface area contributed by atoms with Crippen LogP contribution in [0.1, 0.15) is 31.0 Å². The Labute approximate surface area is 107 Å². The molecule has 0 amide bonds. The Kier molecular flexibility index (Phi) is 4.68. The van der Waals surface area contributed by atoms with Gasteiger partial charge in [0.1, 0.15) is 5.60 Å². The molecule has 1 fully saturated rings. The molecule has 1 aliphatic rings. The third kappa shape index (κ3) is 2.88. The molecule has 2 heterocycles. The lowest BCUT2D eigenvalue weighted by molar-refractivity contribution is -0.101. The zero-order chi connectivity index (χ0) is 12.8. The highest BCUT2D eigenvalue weighted by Gasteiger charge is 2.39. The quantitative estimate of drug-likeness (QED) is 0.761. The first-order chi connectivity index (χ1) is 8.80. The predicted octanol–water partition coefficient (Wildman–Crippen LogP) is 0.874. The molecule has 0 bridgehead atoms. The number of hydrogen-bond donors (Lipinski definition) is 1. The fourth-order valence-corrected chi connectivity index (χ4v) is 2.18. The molecule has 6 nitrogen and oxygen atoms in total. The van der Waals surface area contributed by atoms with Gasteiger partial charge in [0.05, 0.1) is 0 Å². The van der Waals surface area contributed by atoms with Crippen LogP contribution in [-0.2, 0) is 21.5 Å². The van der Waals surface area contributed by atoms with Gasteiger partial charge in [-0.05, 0) is 20.0 Å². The highest BCUT2D eigenvalue weighted by atomic mass is 16.5. The van der Waals surface area contributed by atoms with Crippen molar-refractivity contribution < 1.29 is 14.0 Å². The molecule has 6 heteroatoms. The van der Waals surface area contributed by atoms with E-state index in [1.165, 1.54) is 0 Å². The predicted molar refractivity (Wildman–Crippen MR) is 65.3 cm³/mol. The van der Waals surface area contributed by atoms with Crippen molar-refractivity contribution in [2.75, 3.05) is 33.9 Å². The lowest BCUT2D eigenvalue weighted by Crippen LogP contribution is -2.36. The van der Waals surface area contributed by atoms with E-state index in [1.807, 2.05) is 7.05 Å². The molecule has 1 N–H and O–H groups in total. The average Bonchev–Trinajstić information content (AvgIpc) is 2.89. The molecule has 1 aromatic rings. The maximum atomic E-state index is 5.63. The first-order valence-corrected chi connectivity index (χ1v) is 6.41. The van der Waals surface area contributed by atoms with Crippen LogP contribution in [0.4, 0.5) is 0 Å². The molecule has 0 spiro atoms. The third-order valence-corrected chi connectivity index (χ3v) is 3.38. The number of methoxy groups -OCH3 is 1. The largest absolute Gasteiger partial charge is 0.381 e. The molecule has 1 saturated heterocycles. The van der Waals surface area contributed by atoms with Crippen molar-refractivity contribution in [1.29, 1.82) is 0 Å². The number of aryl methyl sites for hydroxylation is 1. The van der Waals surface area contributed by atoms with Crippen LogP contribution in [-0.4, -0.2) is 44.1 Å². The maximum Gasteiger partial charge on any atom is 0.226 e. The van der Waals surface area contributed by atoms with Crippen LogP contribution in [0.25, 0.3) is 0 Å². The van der Waals surface area contributed by atoms with Gasteiger partial charge in [-0.15, -0.1) is 0 Å². The summed E-state index contributed by atoms with van der Waals surface area (Å²) in [5.74, 6) is 1.34. The van der Waals surface area contributed by atoms with Gasteiger partial charge >= 0.3 is 0 Å². The normalized spacial score (nSPS) is 19.0. The summed E-state index contributed by atoms with van der Waals surface area (Å²) in [7, 11) is 3.63. The molecule has 0 saturated carbocycles. The number of aromatic nitrogens is 2. The van der Waals surface area contributed by atoms with Crippen LogP contribution in [0.5, 0.6) is 0 Å². The Morgan fingerprint density at radius 3 is 2.83 bits per heavy atom. The second-order valence-corrected chi connectivity index (χ2v) is 4.53. The average molecular weight is 255 g/mol. The number of nitrogens with one attached hydrogen (secondary N) is 1. The van der Waals surface area contributed by atoms with Crippen molar-refractivity contribution in [3.05, 3.63) is 11.7 Å². The fraction of sp³-hybridized carbons (Fsp3) is 0.833. The molecule has 0 unspecified atom stereocenters. The lowest BCUT2D eigenvalue weighted by atomic mass is 9.93. The summed E-state index contributed by atoms with van der Waals surface area (Å²) in [5.41, 5.74) is -0.428. The van der Waals surface area contributed by atoms with Gasteiger partial charge < -0.3 is 19.3 Å². The molecule has 1 aromatic heterocycles. The molecular formula is C12H21N3O3. The van der Waals surface area contributed by atoms with Gasteiger partial charge in [-0.3, -0.25) is 0 Å². The van der Waals surface area contributed by atoms with Crippen LogP contribution in [0.15, 0.2) is 4.52 Å². The van der Waals surface area contributed by atoms with Crippen LogP contribution < -0.4 is 5.32 Å². The summed E-state index contributed by atoms with van der Waals surface area (Å²) < 4.78 is 16.3. The van der Waals surface area contributed by atoms with E-state index in [0.29, 0.717) is 24.9 Å². The van der Waals surface area contributed by atoms with Gasteiger partial charge in [-0.25, -0.2) is 0 Å². The molecule has 1 aliphatic heterocycles. The van der Waals surface area contributed by atoms with Crippen LogP contribution in [0.2, 0.25) is 0 Å². The van der Waals surface area contributed by atoms with E-state index in [0.717, 1.165) is 32.2 Å². The zero-order valence-corrected chi connectivity index (χ0v) is 11.1. The second kappa shape index (κ2) is 6.26. The maximum absolute atomic E-state index is 5.63. The summed E-state index contributed by atoms with van der Waals surface area (Å²) >= 11 is 0. The Hall–Kier alpha value is -0.980. The molecule has 0 radical (unpaired) electrons. The molecule has 2 rings (SSSR count). The third-order valence-electron chi connectivity index (χ3n) is 3.38. The lowest BCUT2D eigenvalue weighted by Gasteiger charge is -2.32. The summed E-state index contributed by atoms with van der Waals surface area (Å²) in [5, 5.41) is 7.17. The topological polar surface area (TPSA) is 69.4 Å². The SMILES string of the molecule is CNCCCc1nc(C2(OC)CCOCC2)no1. The van der Waals surface area contributed by atoms with Gasteiger partial charge in [0.2, 0.25) is 11.7 Å². The van der Waals surface area contributed by atoms with Crippen LogP contribution in [0.3, 0.4) is 0 Å². The van der Waals surface area contributed by atoms with Crippen molar-refractivity contribution in [3.63, 3.8) is 0 Å². The first-order valence-electron chi connectivity index (χ1n) is 6.41. The van der Waals surface area contributed by atoms with Crippen molar-refractivity contribution >= 4 is 0 Å². The minimum Gasteiger partial charge on any atom is -0.381 e. The fourth-order valence-electron chi connectivity index (χ4n) is 2.18. The van der Waals surface area contributed by atoms with E-state index in [2.05, 4.69) is 15.5 Å². The van der Waals surface area contributed by atoms with Crippen LogP contribution in [0, 0.1) is 0 Å². The summed E-state index contributed by atoms with van der Waals surface area (Å²) in [6, 6.07) is 0. The molecular weight excluding hydrogens is 234 g/mol. The number of nitrogens with zero attached hydrogens (tertiary/aromatic N) is 2. The Bertz CT molecular complexity index is 361. The van der Waals surface area contributed by atoms with Crippen LogP contribution >= 0.6 is 0 Å². The second-order valence-electron chi connectivity index (χ2n) is 4.53. The minimum atomic E-state index is -0.428. The van der Waals surface area contributed by atoms with Gasteiger partial charge in [-0.2, -0.15) is 4.98 Å². The molecule has 18 heavy (non-hydrogen) atoms. The smallest absolute Gasteiger partial charge is 0.226 e. The Balaban J connectivity index is 2.02. The standard InChI is InChI=1S/C12H21N3O3/c1-13-7-3-4-10-14-11(15-18-10)12(16-2)5-8-17-9-6-12/h13H,3-9H2,1-2H3. The van der Waals surface area contributed by atoms with E-state index in [4.69, 9.17) is 14.0 Å². The van der Waals surface area contributed by atoms with E-state index in [9.17, 15) is 0 Å². The molecule has 0 atom stereocenters. The van der Waals surface area contributed by atoms with Crippen molar-refractivity contribution in [1.82, 2.24) is 15.5 Å². The van der Waals surface area contributed by atoms with E-state index < -0.39 is 5.60 Å². The van der Waals surface area contributed by atoms with E-state index >= 15 is 0 Å². The van der Waals surface area contributed by atoms with Crippen molar-refractivity contribution in [3.8, 4) is 0 Å². The number of rotatable bonds is 6. The van der Waals surface area contributed by atoms with Gasteiger partial charge in [0.15, 0.2) is 0 Å². The van der Waals surface area contributed by atoms with E-state index in [-0.39, 0.29) is 0 Å². The van der Waals surface area contributed by atoms with Gasteiger partial charge in [-0.1, -0.05) is 5.16 Å². The molecule has 0 aliphatic carbocycles. The van der Waals surface area contributed by atoms with Crippen molar-refractivity contribution in [2.45, 2.75) is 31.3 Å². The number of hydrogen-bond acceptors (Lipinski definition) is 6. The first kappa shape index (κ1) is 13.5. The van der Waals surface area contributed by atoms with Gasteiger partial charge in [0, 0.05) is 39.6 Å². The molecule has 0 aromatic carbocycles. The van der Waals surface area contributed by atoms with E-state index in [1.54, 1.807) is 7.11 Å². The highest BCUT2D eigenvalue weighted by molar-refractivity contribution is 5.03. The monoisotopic (exact) mass is 255 g/mol.